The van der Waals surface area contributed by atoms with E-state index in [-0.39, 0.29) is 0 Å². The Kier molecular flexibility index (Phi) is 15.1. The van der Waals surface area contributed by atoms with E-state index in [4.69, 9.17) is 9.97 Å². The van der Waals surface area contributed by atoms with Gasteiger partial charge in [0.25, 0.3) is 0 Å². The summed E-state index contributed by atoms with van der Waals surface area (Å²) in [6.45, 7) is 4.61. The summed E-state index contributed by atoms with van der Waals surface area (Å²) in [7, 11) is 0. The monoisotopic (exact) mass is 496 g/mol. The van der Waals surface area contributed by atoms with Crippen molar-refractivity contribution in [3.8, 4) is 0 Å². The predicted octanol–water partition coefficient (Wildman–Crippen LogP) is 11.0. The molecule has 2 aliphatic carbocycles. The maximum Gasteiger partial charge on any atom is 0.131 e. The summed E-state index contributed by atoms with van der Waals surface area (Å²) in [5, 5.41) is 0. The van der Waals surface area contributed by atoms with E-state index in [9.17, 15) is 0 Å². The zero-order chi connectivity index (χ0) is 25.3. The first-order valence-corrected chi connectivity index (χ1v) is 16.6. The van der Waals surface area contributed by atoms with E-state index in [1.54, 1.807) is 0 Å². The number of rotatable bonds is 18. The Labute approximate surface area is 225 Å². The molecule has 1 aromatic rings. The van der Waals surface area contributed by atoms with Gasteiger partial charge in [0.1, 0.15) is 5.82 Å². The molecule has 0 saturated heterocycles. The molecule has 0 spiro atoms. The van der Waals surface area contributed by atoms with Crippen molar-refractivity contribution in [3.63, 3.8) is 0 Å². The Morgan fingerprint density at radius 1 is 0.528 bits per heavy atom. The SMILES string of the molecule is CCCCCCCCCc1cnc(C2CCC(CC[C@H]3CC[C@H](CCCCCCC)CC3)CC2)nc1. The first kappa shape index (κ1) is 29.6. The summed E-state index contributed by atoms with van der Waals surface area (Å²) < 4.78 is 0. The average Bonchev–Trinajstić information content (AvgIpc) is 2.93. The van der Waals surface area contributed by atoms with Crippen LogP contribution < -0.4 is 0 Å². The third-order valence-corrected chi connectivity index (χ3v) is 9.67. The van der Waals surface area contributed by atoms with Gasteiger partial charge in [0, 0.05) is 18.3 Å². The van der Waals surface area contributed by atoms with E-state index in [2.05, 4.69) is 26.2 Å². The third kappa shape index (κ3) is 11.6. The summed E-state index contributed by atoms with van der Waals surface area (Å²) >= 11 is 0. The highest BCUT2D eigenvalue weighted by Gasteiger charge is 2.26. The minimum Gasteiger partial charge on any atom is -0.241 e. The van der Waals surface area contributed by atoms with Crippen molar-refractivity contribution < 1.29 is 0 Å². The van der Waals surface area contributed by atoms with Crippen molar-refractivity contribution >= 4 is 0 Å². The number of hydrogen-bond acceptors (Lipinski definition) is 2. The lowest BCUT2D eigenvalue weighted by molar-refractivity contribution is 0.221. The van der Waals surface area contributed by atoms with Crippen LogP contribution in [-0.2, 0) is 6.42 Å². The van der Waals surface area contributed by atoms with Crippen molar-refractivity contribution in [3.05, 3.63) is 23.8 Å². The van der Waals surface area contributed by atoms with Crippen LogP contribution in [0.1, 0.15) is 179 Å². The van der Waals surface area contributed by atoms with Crippen LogP contribution in [0.25, 0.3) is 0 Å². The van der Waals surface area contributed by atoms with Gasteiger partial charge in [-0.3, -0.25) is 0 Å². The first-order valence-electron chi connectivity index (χ1n) is 16.6. The molecule has 1 heterocycles. The number of nitrogens with zero attached hydrogens (tertiary/aromatic N) is 2. The minimum absolute atomic E-state index is 0.613. The first-order chi connectivity index (χ1) is 17.8. The second-order valence-electron chi connectivity index (χ2n) is 12.7. The van der Waals surface area contributed by atoms with Gasteiger partial charge in [-0.05, 0) is 61.8 Å². The predicted molar refractivity (Wildman–Crippen MR) is 156 cm³/mol. The molecule has 2 fully saturated rings. The minimum atomic E-state index is 0.613. The number of aromatic nitrogens is 2. The van der Waals surface area contributed by atoms with Crippen molar-refractivity contribution in [2.45, 2.75) is 174 Å². The summed E-state index contributed by atoms with van der Waals surface area (Å²) in [6.07, 6.45) is 38.3. The van der Waals surface area contributed by atoms with Crippen LogP contribution in [0.4, 0.5) is 0 Å². The van der Waals surface area contributed by atoms with E-state index in [0.717, 1.165) is 30.0 Å². The van der Waals surface area contributed by atoms with Crippen molar-refractivity contribution in [1.29, 1.82) is 0 Å². The van der Waals surface area contributed by atoms with Crippen molar-refractivity contribution in [1.82, 2.24) is 9.97 Å². The lowest BCUT2D eigenvalue weighted by Gasteiger charge is -2.31. The summed E-state index contributed by atoms with van der Waals surface area (Å²) in [5.74, 6) is 4.80. The van der Waals surface area contributed by atoms with Crippen molar-refractivity contribution in [2.24, 2.45) is 17.8 Å². The van der Waals surface area contributed by atoms with Gasteiger partial charge in [-0.2, -0.15) is 0 Å². The molecule has 0 amide bonds. The molecular weight excluding hydrogens is 436 g/mol. The number of unbranched alkanes of at least 4 members (excludes halogenated alkanes) is 10. The molecular formula is C34H60N2. The molecule has 2 aliphatic rings. The maximum atomic E-state index is 4.82. The van der Waals surface area contributed by atoms with Crippen LogP contribution in [0.2, 0.25) is 0 Å². The summed E-state index contributed by atoms with van der Waals surface area (Å²) in [4.78, 5) is 9.64. The van der Waals surface area contributed by atoms with Crippen LogP contribution in [0.3, 0.4) is 0 Å². The second kappa shape index (κ2) is 18.4. The van der Waals surface area contributed by atoms with Gasteiger partial charge in [0.15, 0.2) is 0 Å². The van der Waals surface area contributed by atoms with E-state index in [1.165, 1.54) is 153 Å². The van der Waals surface area contributed by atoms with E-state index in [1.807, 2.05) is 0 Å². The molecule has 0 N–H and O–H groups in total. The summed E-state index contributed by atoms with van der Waals surface area (Å²) in [5.41, 5.74) is 1.34. The molecule has 1 aromatic heterocycles. The Hall–Kier alpha value is -0.920. The van der Waals surface area contributed by atoms with Crippen LogP contribution in [-0.4, -0.2) is 9.97 Å². The Bertz CT molecular complexity index is 638. The highest BCUT2D eigenvalue weighted by molar-refractivity contribution is 5.08. The Morgan fingerprint density at radius 3 is 1.53 bits per heavy atom. The van der Waals surface area contributed by atoms with Crippen LogP contribution in [0, 0.1) is 17.8 Å². The van der Waals surface area contributed by atoms with E-state index >= 15 is 0 Å². The standard InChI is InChI=1S/C34H60N2/c1-3-5-7-9-10-12-14-16-32-27-35-34(36-28-32)33-25-23-31(24-26-33)22-21-30-19-17-29(18-20-30)15-13-11-8-6-4-2/h27-31,33H,3-26H2,1-2H3/t29-,30-,31?,33?. The Morgan fingerprint density at radius 2 is 0.972 bits per heavy atom. The molecule has 0 aromatic carbocycles. The van der Waals surface area contributed by atoms with Crippen molar-refractivity contribution in [2.75, 3.05) is 0 Å². The van der Waals surface area contributed by atoms with Gasteiger partial charge >= 0.3 is 0 Å². The molecule has 2 heteroatoms. The highest BCUT2D eigenvalue weighted by atomic mass is 14.9. The lowest BCUT2D eigenvalue weighted by atomic mass is 9.74. The van der Waals surface area contributed by atoms with Crippen LogP contribution in [0.5, 0.6) is 0 Å². The maximum absolute atomic E-state index is 4.82. The van der Waals surface area contributed by atoms with Gasteiger partial charge in [-0.25, -0.2) is 9.97 Å². The zero-order valence-corrected chi connectivity index (χ0v) is 24.3. The molecule has 0 unspecified atom stereocenters. The van der Waals surface area contributed by atoms with Crippen LogP contribution in [0.15, 0.2) is 12.4 Å². The molecule has 2 saturated carbocycles. The smallest absolute Gasteiger partial charge is 0.131 e. The molecule has 0 atom stereocenters. The van der Waals surface area contributed by atoms with Crippen LogP contribution >= 0.6 is 0 Å². The highest BCUT2D eigenvalue weighted by Crippen LogP contribution is 2.39. The average molecular weight is 497 g/mol. The van der Waals surface area contributed by atoms with Gasteiger partial charge < -0.3 is 0 Å². The Balaban J connectivity index is 1.22. The number of aryl methyl sites for hydroxylation is 1. The van der Waals surface area contributed by atoms with Gasteiger partial charge in [-0.15, -0.1) is 0 Å². The largest absolute Gasteiger partial charge is 0.241 e. The fraction of sp³-hybridized carbons (Fsp3) is 0.882. The zero-order valence-electron chi connectivity index (χ0n) is 24.3. The second-order valence-corrected chi connectivity index (χ2v) is 12.7. The third-order valence-electron chi connectivity index (χ3n) is 9.67. The number of hydrogen-bond donors (Lipinski definition) is 0. The molecule has 3 rings (SSSR count). The quantitative estimate of drug-likeness (QED) is 0.189. The molecule has 0 radical (unpaired) electrons. The fourth-order valence-electron chi connectivity index (χ4n) is 7.02. The molecule has 36 heavy (non-hydrogen) atoms. The summed E-state index contributed by atoms with van der Waals surface area (Å²) in [6, 6.07) is 0. The van der Waals surface area contributed by atoms with Gasteiger partial charge in [0.2, 0.25) is 0 Å². The molecule has 206 valence electrons. The normalized spacial score (nSPS) is 24.7. The van der Waals surface area contributed by atoms with E-state index in [0.29, 0.717) is 5.92 Å². The topological polar surface area (TPSA) is 25.8 Å². The lowest BCUT2D eigenvalue weighted by Crippen LogP contribution is -2.18. The van der Waals surface area contributed by atoms with Gasteiger partial charge in [0.05, 0.1) is 0 Å². The van der Waals surface area contributed by atoms with Gasteiger partial charge in [-0.1, -0.05) is 129 Å². The molecule has 2 nitrogen and oxygen atoms in total. The molecule has 0 bridgehead atoms. The van der Waals surface area contributed by atoms with E-state index < -0.39 is 0 Å². The molecule has 0 aliphatic heterocycles. The fourth-order valence-corrected chi connectivity index (χ4v) is 7.02.